The third-order valence-electron chi connectivity index (χ3n) is 2.68. The second kappa shape index (κ2) is 5.41. The molecule has 20 heavy (non-hydrogen) atoms. The summed E-state index contributed by atoms with van der Waals surface area (Å²) < 4.78 is 41.1. The molecule has 2 aromatic rings. The fourth-order valence-corrected chi connectivity index (χ4v) is 3.27. The van der Waals surface area contributed by atoms with Crippen LogP contribution in [0.2, 0.25) is 0 Å². The summed E-state index contributed by atoms with van der Waals surface area (Å²) in [5.74, 6) is -0.634. The number of aryl methyl sites for hydroxylation is 1. The molecule has 0 atom stereocenters. The van der Waals surface area contributed by atoms with Gasteiger partial charge in [-0.2, -0.15) is 0 Å². The van der Waals surface area contributed by atoms with Crippen molar-refractivity contribution in [3.05, 3.63) is 52.3 Å². The Morgan fingerprint density at radius 3 is 2.40 bits per heavy atom. The van der Waals surface area contributed by atoms with Crippen LogP contribution in [-0.2, 0) is 10.0 Å². The lowest BCUT2D eigenvalue weighted by Gasteiger charge is -2.11. The van der Waals surface area contributed by atoms with Crippen LogP contribution < -0.4 is 10.5 Å². The average molecular weight is 359 g/mol. The van der Waals surface area contributed by atoms with Crippen LogP contribution in [0.25, 0.3) is 0 Å². The number of benzene rings is 2. The van der Waals surface area contributed by atoms with Gasteiger partial charge in [-0.25, -0.2) is 12.8 Å². The van der Waals surface area contributed by atoms with Gasteiger partial charge in [-0.3, -0.25) is 4.72 Å². The van der Waals surface area contributed by atoms with Crippen LogP contribution in [0, 0.1) is 12.7 Å². The lowest BCUT2D eigenvalue weighted by molar-refractivity contribution is 0.599. The first-order valence-corrected chi connectivity index (χ1v) is 7.91. The highest BCUT2D eigenvalue weighted by atomic mass is 79.9. The summed E-state index contributed by atoms with van der Waals surface area (Å²) in [6, 6.07) is 8.87. The Hall–Kier alpha value is -1.60. The second-order valence-electron chi connectivity index (χ2n) is 4.25. The smallest absolute Gasteiger partial charge is 0.262 e. The molecule has 0 aliphatic carbocycles. The molecule has 0 amide bonds. The van der Waals surface area contributed by atoms with Crippen LogP contribution in [0.4, 0.5) is 15.8 Å². The third kappa shape index (κ3) is 3.10. The van der Waals surface area contributed by atoms with E-state index in [1.54, 1.807) is 24.3 Å². The van der Waals surface area contributed by atoms with Crippen molar-refractivity contribution in [1.29, 1.82) is 0 Å². The minimum atomic E-state index is -3.81. The first kappa shape index (κ1) is 14.8. The molecule has 3 N–H and O–H groups in total. The summed E-state index contributed by atoms with van der Waals surface area (Å²) >= 11 is 3.26. The van der Waals surface area contributed by atoms with E-state index in [0.717, 1.165) is 16.6 Å². The summed E-state index contributed by atoms with van der Waals surface area (Å²) in [6.45, 7) is 1.51. The van der Waals surface area contributed by atoms with Gasteiger partial charge in [-0.15, -0.1) is 0 Å². The molecule has 0 heterocycles. The van der Waals surface area contributed by atoms with E-state index in [1.807, 2.05) is 0 Å². The van der Waals surface area contributed by atoms with E-state index < -0.39 is 15.8 Å². The Labute approximate surface area is 125 Å². The van der Waals surface area contributed by atoms with Crippen LogP contribution in [0.1, 0.15) is 5.56 Å². The van der Waals surface area contributed by atoms with Gasteiger partial charge in [-0.05, 0) is 48.9 Å². The molecule has 2 aromatic carbocycles. The van der Waals surface area contributed by atoms with E-state index in [0.29, 0.717) is 11.3 Å². The maximum atomic E-state index is 13.3. The second-order valence-corrected chi connectivity index (χ2v) is 6.82. The number of nitrogen functional groups attached to an aromatic ring is 1. The predicted octanol–water partition coefficient (Wildman–Crippen LogP) is 3.28. The Morgan fingerprint density at radius 2 is 1.80 bits per heavy atom. The minimum absolute atomic E-state index is 0.0423. The van der Waals surface area contributed by atoms with Crippen LogP contribution in [0.5, 0.6) is 0 Å². The van der Waals surface area contributed by atoms with Crippen LogP contribution >= 0.6 is 15.9 Å². The van der Waals surface area contributed by atoms with Crippen molar-refractivity contribution in [2.45, 2.75) is 11.8 Å². The molecular weight excluding hydrogens is 347 g/mol. The van der Waals surface area contributed by atoms with Gasteiger partial charge in [0.1, 0.15) is 5.82 Å². The Bertz CT molecular complexity index is 746. The largest absolute Gasteiger partial charge is 0.396 e. The third-order valence-corrected chi connectivity index (χ3v) is 4.73. The summed E-state index contributed by atoms with van der Waals surface area (Å²) in [5.41, 5.74) is 5.93. The van der Waals surface area contributed by atoms with E-state index in [2.05, 4.69) is 20.7 Å². The number of nitrogens with two attached hydrogens (primary N) is 1. The van der Waals surface area contributed by atoms with Crippen molar-refractivity contribution in [2.24, 2.45) is 0 Å². The Balaban J connectivity index is 2.40. The van der Waals surface area contributed by atoms with Crippen molar-refractivity contribution in [2.75, 3.05) is 10.5 Å². The number of rotatable bonds is 3. The molecule has 0 aromatic heterocycles. The van der Waals surface area contributed by atoms with E-state index in [1.165, 1.54) is 6.92 Å². The lowest BCUT2D eigenvalue weighted by Crippen LogP contribution is -2.15. The highest BCUT2D eigenvalue weighted by Gasteiger charge is 2.19. The molecule has 0 fully saturated rings. The normalized spacial score (nSPS) is 11.3. The number of hydrogen-bond acceptors (Lipinski definition) is 3. The molecule has 0 aliphatic heterocycles. The number of halogens is 2. The predicted molar refractivity (Wildman–Crippen MR) is 80.5 cm³/mol. The molecular formula is C13H12BrFN2O2S. The Kier molecular flexibility index (Phi) is 4.01. The molecule has 0 saturated heterocycles. The molecule has 4 nitrogen and oxygen atoms in total. The van der Waals surface area contributed by atoms with Gasteiger partial charge < -0.3 is 5.73 Å². The van der Waals surface area contributed by atoms with Crippen molar-refractivity contribution in [1.82, 2.24) is 0 Å². The first-order chi connectivity index (χ1) is 9.29. The monoisotopic (exact) mass is 358 g/mol. The highest BCUT2D eigenvalue weighted by molar-refractivity contribution is 9.10. The molecule has 0 unspecified atom stereocenters. The molecule has 7 heteroatoms. The molecule has 0 spiro atoms. The van der Waals surface area contributed by atoms with Crippen LogP contribution in [0.15, 0.2) is 45.8 Å². The fourth-order valence-electron chi connectivity index (χ4n) is 1.69. The van der Waals surface area contributed by atoms with Crippen molar-refractivity contribution in [3.8, 4) is 0 Å². The zero-order valence-corrected chi connectivity index (χ0v) is 12.9. The highest BCUT2D eigenvalue weighted by Crippen LogP contribution is 2.24. The van der Waals surface area contributed by atoms with Gasteiger partial charge in [0.2, 0.25) is 0 Å². The number of anilines is 2. The van der Waals surface area contributed by atoms with Gasteiger partial charge >= 0.3 is 0 Å². The molecule has 2 rings (SSSR count). The molecule has 0 aliphatic rings. The molecule has 0 radical (unpaired) electrons. The van der Waals surface area contributed by atoms with E-state index in [4.69, 9.17) is 5.73 Å². The standard InChI is InChI=1S/C13H12BrFN2O2S/c1-8-6-11(15)12(16)7-13(8)20(18,19)17-10-4-2-9(14)3-5-10/h2-7,17H,16H2,1H3. The van der Waals surface area contributed by atoms with Gasteiger partial charge in [0, 0.05) is 10.2 Å². The molecule has 0 bridgehead atoms. The van der Waals surface area contributed by atoms with E-state index in [9.17, 15) is 12.8 Å². The minimum Gasteiger partial charge on any atom is -0.396 e. The zero-order valence-electron chi connectivity index (χ0n) is 10.5. The zero-order chi connectivity index (χ0) is 14.9. The van der Waals surface area contributed by atoms with Crippen molar-refractivity contribution in [3.63, 3.8) is 0 Å². The van der Waals surface area contributed by atoms with Gasteiger partial charge in [-0.1, -0.05) is 15.9 Å². The maximum Gasteiger partial charge on any atom is 0.262 e. The van der Waals surface area contributed by atoms with E-state index in [-0.39, 0.29) is 10.6 Å². The summed E-state index contributed by atoms with van der Waals surface area (Å²) in [6.07, 6.45) is 0. The number of hydrogen-bond donors (Lipinski definition) is 2. The lowest BCUT2D eigenvalue weighted by atomic mass is 10.2. The van der Waals surface area contributed by atoms with Crippen molar-refractivity contribution >= 4 is 37.3 Å². The Morgan fingerprint density at radius 1 is 1.20 bits per heavy atom. The maximum absolute atomic E-state index is 13.3. The fraction of sp³-hybridized carbons (Fsp3) is 0.0769. The van der Waals surface area contributed by atoms with Crippen LogP contribution in [-0.4, -0.2) is 8.42 Å². The van der Waals surface area contributed by atoms with Gasteiger partial charge in [0.05, 0.1) is 10.6 Å². The molecule has 106 valence electrons. The average Bonchev–Trinajstić information content (AvgIpc) is 2.36. The van der Waals surface area contributed by atoms with Gasteiger partial charge in [0.15, 0.2) is 0 Å². The van der Waals surface area contributed by atoms with Crippen LogP contribution in [0.3, 0.4) is 0 Å². The summed E-state index contributed by atoms with van der Waals surface area (Å²) in [4.78, 5) is -0.0423. The summed E-state index contributed by atoms with van der Waals surface area (Å²) in [7, 11) is -3.81. The topological polar surface area (TPSA) is 72.2 Å². The number of nitrogens with one attached hydrogen (secondary N) is 1. The van der Waals surface area contributed by atoms with Crippen molar-refractivity contribution < 1.29 is 12.8 Å². The van der Waals surface area contributed by atoms with Gasteiger partial charge in [0.25, 0.3) is 10.0 Å². The SMILES string of the molecule is Cc1cc(F)c(N)cc1S(=O)(=O)Nc1ccc(Br)cc1. The molecule has 0 saturated carbocycles. The number of sulfonamides is 1. The summed E-state index contributed by atoms with van der Waals surface area (Å²) in [5, 5.41) is 0. The first-order valence-electron chi connectivity index (χ1n) is 5.63. The quantitative estimate of drug-likeness (QED) is 0.827. The van der Waals surface area contributed by atoms with E-state index >= 15 is 0 Å².